The minimum absolute atomic E-state index is 0.0966. The van der Waals surface area contributed by atoms with E-state index in [-0.39, 0.29) is 17.9 Å². The number of rotatable bonds is 6. The molecule has 7 heteroatoms. The standard InChI is InChI=1S/C19H32FN5O/c1-13(2)8-9-21-19(26)25-11-15(10-20)16(12-25)18-22-17(23-24-18)14-6-4-3-5-7-14/h13-16H,3-12H2,1-2H3,(H,21,26)(H,22,23,24)/t15-,16-/m1/s1. The van der Waals surface area contributed by atoms with Gasteiger partial charge >= 0.3 is 6.03 Å². The summed E-state index contributed by atoms with van der Waals surface area (Å²) in [5.41, 5.74) is 0. The highest BCUT2D eigenvalue weighted by atomic mass is 19.1. The number of likely N-dealkylation sites (tertiary alicyclic amines) is 1. The molecule has 6 nitrogen and oxygen atoms in total. The predicted molar refractivity (Wildman–Crippen MR) is 98.8 cm³/mol. The molecule has 2 heterocycles. The van der Waals surface area contributed by atoms with E-state index in [2.05, 4.69) is 29.4 Å². The smallest absolute Gasteiger partial charge is 0.317 e. The van der Waals surface area contributed by atoms with E-state index in [0.29, 0.717) is 31.5 Å². The minimum atomic E-state index is -0.445. The Kier molecular flexibility index (Phi) is 6.48. The number of nitrogens with one attached hydrogen (secondary N) is 2. The highest BCUT2D eigenvalue weighted by Gasteiger charge is 2.38. The molecular weight excluding hydrogens is 333 g/mol. The van der Waals surface area contributed by atoms with Crippen LogP contribution in [0.5, 0.6) is 0 Å². The molecule has 2 N–H and O–H groups in total. The number of urea groups is 1. The van der Waals surface area contributed by atoms with Gasteiger partial charge in [0.05, 0.1) is 6.67 Å². The zero-order chi connectivity index (χ0) is 18.5. The molecule has 2 amide bonds. The molecule has 1 aromatic rings. The third kappa shape index (κ3) is 4.54. The predicted octanol–water partition coefficient (Wildman–Crippen LogP) is 3.59. The highest BCUT2D eigenvalue weighted by Crippen LogP contribution is 2.34. The lowest BCUT2D eigenvalue weighted by atomic mass is 9.89. The van der Waals surface area contributed by atoms with Crippen molar-refractivity contribution in [1.82, 2.24) is 25.4 Å². The summed E-state index contributed by atoms with van der Waals surface area (Å²) < 4.78 is 13.6. The molecule has 1 aliphatic heterocycles. The van der Waals surface area contributed by atoms with Crippen molar-refractivity contribution in [2.24, 2.45) is 11.8 Å². The lowest BCUT2D eigenvalue weighted by molar-refractivity contribution is 0.205. The first kappa shape index (κ1) is 19.1. The van der Waals surface area contributed by atoms with Crippen LogP contribution in [0.1, 0.15) is 75.9 Å². The van der Waals surface area contributed by atoms with Crippen LogP contribution in [0.3, 0.4) is 0 Å². The number of amides is 2. The molecule has 2 fully saturated rings. The van der Waals surface area contributed by atoms with E-state index in [0.717, 1.165) is 30.9 Å². The lowest BCUT2D eigenvalue weighted by Crippen LogP contribution is -2.39. The van der Waals surface area contributed by atoms with E-state index in [1.807, 2.05) is 0 Å². The van der Waals surface area contributed by atoms with Gasteiger partial charge in [0.2, 0.25) is 0 Å². The molecule has 146 valence electrons. The van der Waals surface area contributed by atoms with E-state index in [4.69, 9.17) is 4.98 Å². The van der Waals surface area contributed by atoms with Crippen molar-refractivity contribution in [1.29, 1.82) is 0 Å². The molecule has 1 aromatic heterocycles. The Morgan fingerprint density at radius 3 is 2.77 bits per heavy atom. The number of nitrogens with zero attached hydrogens (tertiary/aromatic N) is 3. The topological polar surface area (TPSA) is 73.9 Å². The number of hydrogen-bond donors (Lipinski definition) is 2. The zero-order valence-corrected chi connectivity index (χ0v) is 16.0. The van der Waals surface area contributed by atoms with Crippen LogP contribution in [0.4, 0.5) is 9.18 Å². The fourth-order valence-electron chi connectivity index (χ4n) is 4.08. The van der Waals surface area contributed by atoms with Crippen molar-refractivity contribution in [2.75, 3.05) is 26.3 Å². The maximum atomic E-state index is 13.6. The molecule has 2 atom stereocenters. The Hall–Kier alpha value is -1.66. The Labute approximate surface area is 155 Å². The van der Waals surface area contributed by atoms with Crippen LogP contribution in [0.15, 0.2) is 0 Å². The Balaban J connectivity index is 1.60. The van der Waals surface area contributed by atoms with Gasteiger partial charge in [-0.25, -0.2) is 9.78 Å². The third-order valence-electron chi connectivity index (χ3n) is 5.77. The van der Waals surface area contributed by atoms with Crippen molar-refractivity contribution in [3.63, 3.8) is 0 Å². The molecule has 1 saturated heterocycles. The van der Waals surface area contributed by atoms with Gasteiger partial charge in [0, 0.05) is 37.4 Å². The summed E-state index contributed by atoms with van der Waals surface area (Å²) in [6, 6.07) is -0.0985. The number of halogens is 1. The molecule has 0 radical (unpaired) electrons. The fraction of sp³-hybridized carbons (Fsp3) is 0.842. The van der Waals surface area contributed by atoms with Gasteiger partial charge in [0.25, 0.3) is 0 Å². The number of aromatic amines is 1. The quantitative estimate of drug-likeness (QED) is 0.809. The Morgan fingerprint density at radius 1 is 1.31 bits per heavy atom. The molecule has 2 aliphatic rings. The van der Waals surface area contributed by atoms with E-state index in [1.54, 1.807) is 4.90 Å². The first-order chi connectivity index (χ1) is 12.6. The molecule has 0 spiro atoms. The van der Waals surface area contributed by atoms with Gasteiger partial charge in [-0.1, -0.05) is 33.1 Å². The zero-order valence-electron chi connectivity index (χ0n) is 16.0. The number of hydrogen-bond acceptors (Lipinski definition) is 3. The first-order valence-electron chi connectivity index (χ1n) is 10.1. The number of H-pyrrole nitrogens is 1. The SMILES string of the molecule is CC(C)CCNC(=O)N1C[C@@H](CF)[C@H](c2nc(C3CCCCC3)n[nH]2)C1. The van der Waals surface area contributed by atoms with E-state index >= 15 is 0 Å². The maximum Gasteiger partial charge on any atom is 0.317 e. The second-order valence-electron chi connectivity index (χ2n) is 8.25. The summed E-state index contributed by atoms with van der Waals surface area (Å²) in [5, 5.41) is 10.4. The van der Waals surface area contributed by atoms with Gasteiger partial charge < -0.3 is 10.2 Å². The second kappa shape index (κ2) is 8.82. The van der Waals surface area contributed by atoms with Crippen molar-refractivity contribution < 1.29 is 9.18 Å². The van der Waals surface area contributed by atoms with Gasteiger partial charge in [0.15, 0.2) is 5.82 Å². The van der Waals surface area contributed by atoms with Crippen molar-refractivity contribution >= 4 is 6.03 Å². The molecular formula is C19H32FN5O. The van der Waals surface area contributed by atoms with Crippen molar-refractivity contribution in [2.45, 2.75) is 64.2 Å². The number of carbonyl (C=O) groups is 1. The number of carbonyl (C=O) groups excluding carboxylic acids is 1. The lowest BCUT2D eigenvalue weighted by Gasteiger charge is -2.18. The maximum absolute atomic E-state index is 13.6. The molecule has 1 aliphatic carbocycles. The van der Waals surface area contributed by atoms with Crippen LogP contribution in [0.25, 0.3) is 0 Å². The summed E-state index contributed by atoms with van der Waals surface area (Å²) in [7, 11) is 0. The molecule has 26 heavy (non-hydrogen) atoms. The summed E-state index contributed by atoms with van der Waals surface area (Å²) in [5.74, 6) is 2.28. The van der Waals surface area contributed by atoms with Crippen LogP contribution in [0.2, 0.25) is 0 Å². The fourth-order valence-corrected chi connectivity index (χ4v) is 4.08. The van der Waals surface area contributed by atoms with Crippen LogP contribution in [-0.4, -0.2) is 52.4 Å². The van der Waals surface area contributed by atoms with Crippen LogP contribution < -0.4 is 5.32 Å². The molecule has 0 bridgehead atoms. The Bertz CT molecular complexity index is 584. The number of aromatic nitrogens is 3. The average molecular weight is 365 g/mol. The number of alkyl halides is 1. The van der Waals surface area contributed by atoms with E-state index < -0.39 is 6.67 Å². The third-order valence-corrected chi connectivity index (χ3v) is 5.77. The van der Waals surface area contributed by atoms with Gasteiger partial charge in [-0.3, -0.25) is 9.49 Å². The first-order valence-corrected chi connectivity index (χ1v) is 10.1. The monoisotopic (exact) mass is 365 g/mol. The summed E-state index contributed by atoms with van der Waals surface area (Å²) in [4.78, 5) is 18.8. The molecule has 3 rings (SSSR count). The summed E-state index contributed by atoms with van der Waals surface area (Å²) in [6.45, 7) is 5.41. The Morgan fingerprint density at radius 2 is 2.08 bits per heavy atom. The van der Waals surface area contributed by atoms with E-state index in [1.165, 1.54) is 19.3 Å². The highest BCUT2D eigenvalue weighted by molar-refractivity contribution is 5.74. The van der Waals surface area contributed by atoms with Crippen molar-refractivity contribution in [3.8, 4) is 0 Å². The van der Waals surface area contributed by atoms with Gasteiger partial charge in [0.1, 0.15) is 5.82 Å². The van der Waals surface area contributed by atoms with E-state index in [9.17, 15) is 9.18 Å². The van der Waals surface area contributed by atoms with Gasteiger partial charge in [-0.05, 0) is 25.2 Å². The largest absolute Gasteiger partial charge is 0.338 e. The van der Waals surface area contributed by atoms with Crippen LogP contribution >= 0.6 is 0 Å². The van der Waals surface area contributed by atoms with Crippen LogP contribution in [-0.2, 0) is 0 Å². The average Bonchev–Trinajstić information content (AvgIpc) is 3.29. The summed E-state index contributed by atoms with van der Waals surface area (Å²) >= 11 is 0. The normalized spacial score (nSPS) is 24.4. The van der Waals surface area contributed by atoms with Crippen molar-refractivity contribution in [3.05, 3.63) is 11.6 Å². The molecule has 1 saturated carbocycles. The van der Waals surface area contributed by atoms with Gasteiger partial charge in [-0.2, -0.15) is 5.10 Å². The minimum Gasteiger partial charge on any atom is -0.338 e. The summed E-state index contributed by atoms with van der Waals surface area (Å²) in [6.07, 6.45) is 6.98. The molecule has 0 unspecified atom stereocenters. The molecule has 0 aromatic carbocycles. The second-order valence-corrected chi connectivity index (χ2v) is 8.25. The van der Waals surface area contributed by atoms with Crippen LogP contribution in [0, 0.1) is 11.8 Å². The van der Waals surface area contributed by atoms with Gasteiger partial charge in [-0.15, -0.1) is 0 Å².